The number of likely N-dealkylation sites (N-methyl/N-ethyl adjacent to an activating group) is 1. The van der Waals surface area contributed by atoms with Crippen LogP contribution in [0, 0.1) is 11.6 Å². The van der Waals surface area contributed by atoms with Crippen molar-refractivity contribution in [3.63, 3.8) is 0 Å². The maximum Gasteiger partial charge on any atom is 0.190 e. The number of aromatic nitrogens is 5. The van der Waals surface area contributed by atoms with E-state index in [4.69, 9.17) is 5.73 Å². The third kappa shape index (κ3) is 3.29. The molecule has 0 amide bonds. The highest BCUT2D eigenvalue weighted by atomic mass is 19.2. The Balaban J connectivity index is 1.33. The Morgan fingerprint density at radius 3 is 2.59 bits per heavy atom. The van der Waals surface area contributed by atoms with Gasteiger partial charge in [-0.25, -0.2) is 18.7 Å². The van der Waals surface area contributed by atoms with Crippen LogP contribution in [-0.2, 0) is 0 Å². The maximum atomic E-state index is 14.4. The second-order valence-corrected chi connectivity index (χ2v) is 8.77. The summed E-state index contributed by atoms with van der Waals surface area (Å²) < 4.78 is 29.5. The molecule has 8 nitrogen and oxygen atoms in total. The van der Waals surface area contributed by atoms with Gasteiger partial charge in [0.05, 0.1) is 17.6 Å². The number of piperazine rings is 1. The van der Waals surface area contributed by atoms with Gasteiger partial charge in [-0.1, -0.05) is 18.2 Å². The maximum absolute atomic E-state index is 14.4. The number of halogens is 2. The van der Waals surface area contributed by atoms with Crippen LogP contribution in [-0.4, -0.2) is 61.9 Å². The molecule has 0 spiro atoms. The van der Waals surface area contributed by atoms with E-state index in [2.05, 4.69) is 49.1 Å². The van der Waals surface area contributed by atoms with Crippen molar-refractivity contribution < 1.29 is 8.78 Å². The molecule has 2 bridgehead atoms. The normalized spacial score (nSPS) is 19.8. The summed E-state index contributed by atoms with van der Waals surface area (Å²) in [4.78, 5) is 13.8. The van der Waals surface area contributed by atoms with Crippen LogP contribution in [0.4, 0.5) is 20.3 Å². The van der Waals surface area contributed by atoms with Gasteiger partial charge < -0.3 is 10.6 Å². The summed E-state index contributed by atoms with van der Waals surface area (Å²) in [5, 5.41) is 7.91. The third-order valence-corrected chi connectivity index (χ3v) is 6.76. The summed E-state index contributed by atoms with van der Waals surface area (Å²) in [5.74, 6) is -1.69. The first-order valence-corrected chi connectivity index (χ1v) is 11.0. The van der Waals surface area contributed by atoms with E-state index in [1.54, 1.807) is 6.20 Å². The van der Waals surface area contributed by atoms with Crippen LogP contribution in [0.25, 0.3) is 28.5 Å². The van der Waals surface area contributed by atoms with Crippen molar-refractivity contribution in [3.05, 3.63) is 66.6 Å². The Morgan fingerprint density at radius 1 is 1.03 bits per heavy atom. The molecular formula is C24H22F2N8. The van der Waals surface area contributed by atoms with Crippen molar-refractivity contribution >= 4 is 11.5 Å². The molecule has 172 valence electrons. The molecule has 2 saturated heterocycles. The van der Waals surface area contributed by atoms with Gasteiger partial charge in [0.15, 0.2) is 29.0 Å². The molecule has 0 radical (unpaired) electrons. The topological polar surface area (TPSA) is 89.0 Å². The summed E-state index contributed by atoms with van der Waals surface area (Å²) >= 11 is 0. The molecule has 4 heterocycles. The largest absolute Gasteiger partial charge is 0.382 e. The Kier molecular flexibility index (Phi) is 4.77. The highest BCUT2D eigenvalue weighted by Gasteiger charge is 2.41. The SMILES string of the molecule is CN1C[C@H]2C[C@@H]1CN2c1ccc(-c2cnc(N)c(-c3nncn3-c3cccc(F)c3F)n2)cc1. The molecule has 34 heavy (non-hydrogen) atoms. The monoisotopic (exact) mass is 460 g/mol. The smallest absolute Gasteiger partial charge is 0.190 e. The lowest BCUT2D eigenvalue weighted by molar-refractivity contribution is 0.292. The molecule has 2 N–H and O–H groups in total. The van der Waals surface area contributed by atoms with Gasteiger partial charge in [-0.15, -0.1) is 10.2 Å². The zero-order valence-corrected chi connectivity index (χ0v) is 18.4. The van der Waals surface area contributed by atoms with Crippen LogP contribution in [0.2, 0.25) is 0 Å². The molecule has 2 aliphatic rings. The van der Waals surface area contributed by atoms with Gasteiger partial charge in [-0.05, 0) is 37.7 Å². The standard InChI is InChI=1S/C24H22F2N8/c1-32-11-17-9-16(32)12-33(17)15-7-5-14(6-8-15)19-10-28-23(27)22(30-19)24-31-29-13-34(24)20-4-2-3-18(25)21(20)26/h2-8,10,13,16-17H,9,11-12H2,1H3,(H2,27,28)/t16-,17-/m1/s1. The minimum Gasteiger partial charge on any atom is -0.382 e. The zero-order chi connectivity index (χ0) is 23.4. The molecule has 2 aromatic carbocycles. The van der Waals surface area contributed by atoms with Crippen molar-refractivity contribution in [3.8, 4) is 28.5 Å². The van der Waals surface area contributed by atoms with E-state index in [0.717, 1.165) is 24.7 Å². The van der Waals surface area contributed by atoms with Crippen LogP contribution in [0.1, 0.15) is 6.42 Å². The van der Waals surface area contributed by atoms with E-state index >= 15 is 0 Å². The van der Waals surface area contributed by atoms with Crippen molar-refractivity contribution in [1.29, 1.82) is 0 Å². The summed E-state index contributed by atoms with van der Waals surface area (Å²) in [6.07, 6.45) is 4.08. The molecule has 0 aliphatic carbocycles. The number of fused-ring (bicyclic) bond motifs is 2. The fourth-order valence-electron chi connectivity index (χ4n) is 4.96. The van der Waals surface area contributed by atoms with Gasteiger partial charge in [0.1, 0.15) is 6.33 Å². The molecule has 2 aliphatic heterocycles. The molecule has 2 atom stereocenters. The van der Waals surface area contributed by atoms with Gasteiger partial charge in [-0.3, -0.25) is 9.47 Å². The number of hydrogen-bond donors (Lipinski definition) is 1. The quantitative estimate of drug-likeness (QED) is 0.501. The summed E-state index contributed by atoms with van der Waals surface area (Å²) in [5.41, 5.74) is 8.93. The van der Waals surface area contributed by atoms with Crippen LogP contribution in [0.5, 0.6) is 0 Å². The van der Waals surface area contributed by atoms with E-state index in [-0.39, 0.29) is 23.0 Å². The molecular weight excluding hydrogens is 438 g/mol. The van der Waals surface area contributed by atoms with Crippen LogP contribution in [0.15, 0.2) is 55.0 Å². The summed E-state index contributed by atoms with van der Waals surface area (Å²) in [6, 6.07) is 13.3. The third-order valence-electron chi connectivity index (χ3n) is 6.76. The Labute approximate surface area is 194 Å². The lowest BCUT2D eigenvalue weighted by Crippen LogP contribution is -2.44. The average molecular weight is 460 g/mol. The number of rotatable bonds is 4. The number of nitrogens with two attached hydrogens (primary N) is 1. The number of nitrogen functional groups attached to an aromatic ring is 1. The number of benzene rings is 2. The second kappa shape index (κ2) is 7.84. The van der Waals surface area contributed by atoms with Crippen molar-refractivity contribution in [2.45, 2.75) is 18.5 Å². The van der Waals surface area contributed by atoms with Crippen LogP contribution in [0.3, 0.4) is 0 Å². The molecule has 2 fully saturated rings. The van der Waals surface area contributed by atoms with Crippen molar-refractivity contribution in [1.82, 2.24) is 29.6 Å². The first-order valence-electron chi connectivity index (χ1n) is 11.0. The van der Waals surface area contributed by atoms with E-state index in [0.29, 0.717) is 17.8 Å². The van der Waals surface area contributed by atoms with Gasteiger partial charge in [-0.2, -0.15) is 0 Å². The first-order chi connectivity index (χ1) is 16.5. The van der Waals surface area contributed by atoms with Crippen molar-refractivity contribution in [2.75, 3.05) is 30.8 Å². The van der Waals surface area contributed by atoms with E-state index < -0.39 is 11.6 Å². The fraction of sp³-hybridized carbons (Fsp3) is 0.250. The van der Waals surface area contributed by atoms with E-state index in [1.165, 1.54) is 35.1 Å². The van der Waals surface area contributed by atoms with Crippen LogP contribution >= 0.6 is 0 Å². The lowest BCUT2D eigenvalue weighted by atomic mass is 10.1. The second-order valence-electron chi connectivity index (χ2n) is 8.77. The summed E-state index contributed by atoms with van der Waals surface area (Å²) in [6.45, 7) is 2.13. The predicted octanol–water partition coefficient (Wildman–Crippen LogP) is 3.14. The van der Waals surface area contributed by atoms with Gasteiger partial charge in [0.2, 0.25) is 0 Å². The van der Waals surface area contributed by atoms with Gasteiger partial charge >= 0.3 is 0 Å². The highest BCUT2D eigenvalue weighted by Crippen LogP contribution is 2.35. The molecule has 0 saturated carbocycles. The average Bonchev–Trinajstić information content (AvgIpc) is 3.57. The Hall–Kier alpha value is -3.92. The number of anilines is 2. The molecule has 10 heteroatoms. The molecule has 2 aromatic heterocycles. The summed E-state index contributed by atoms with van der Waals surface area (Å²) in [7, 11) is 2.19. The van der Waals surface area contributed by atoms with Gasteiger partial charge in [0.25, 0.3) is 0 Å². The predicted molar refractivity (Wildman–Crippen MR) is 124 cm³/mol. The van der Waals surface area contributed by atoms with E-state index in [9.17, 15) is 8.78 Å². The van der Waals surface area contributed by atoms with Crippen molar-refractivity contribution in [2.24, 2.45) is 0 Å². The number of nitrogens with zero attached hydrogens (tertiary/aromatic N) is 7. The number of hydrogen-bond acceptors (Lipinski definition) is 7. The first kappa shape index (κ1) is 20.7. The minimum absolute atomic E-state index is 0.0403. The molecule has 6 rings (SSSR count). The zero-order valence-electron chi connectivity index (χ0n) is 18.4. The molecule has 0 unspecified atom stereocenters. The van der Waals surface area contributed by atoms with E-state index in [1.807, 2.05) is 12.1 Å². The Morgan fingerprint density at radius 2 is 1.85 bits per heavy atom. The highest BCUT2D eigenvalue weighted by molar-refractivity contribution is 5.71. The lowest BCUT2D eigenvalue weighted by Gasteiger charge is -2.33. The molecule has 4 aromatic rings. The minimum atomic E-state index is -1.01. The number of likely N-dealkylation sites (tertiary alicyclic amines) is 1. The van der Waals surface area contributed by atoms with Crippen LogP contribution < -0.4 is 10.6 Å². The van der Waals surface area contributed by atoms with Gasteiger partial charge in [0, 0.05) is 36.4 Å². The Bertz CT molecular complexity index is 1370. The fourth-order valence-corrected chi connectivity index (χ4v) is 4.96.